The van der Waals surface area contributed by atoms with Gasteiger partial charge in [-0.3, -0.25) is 9.59 Å². The molecule has 1 saturated carbocycles. The van der Waals surface area contributed by atoms with E-state index in [0.717, 1.165) is 50.9 Å². The molecular formula is C21H31N3O3. The Kier molecular flexibility index (Phi) is 6.85. The van der Waals surface area contributed by atoms with Crippen molar-refractivity contribution in [1.29, 1.82) is 0 Å². The lowest BCUT2D eigenvalue weighted by Crippen LogP contribution is -2.47. The highest BCUT2D eigenvalue weighted by atomic mass is 16.5. The molecule has 2 amide bonds. The third-order valence-electron chi connectivity index (χ3n) is 5.80. The molecule has 148 valence electrons. The molecule has 2 fully saturated rings. The SMILES string of the molecule is COCCN(C(=O)c1ccc(NC(=O)C2CCC2)cc1)C1CCN(C)CC1. The molecule has 0 bridgehead atoms. The van der Waals surface area contributed by atoms with Crippen LogP contribution in [0.1, 0.15) is 42.5 Å². The van der Waals surface area contributed by atoms with Gasteiger partial charge in [-0.05, 0) is 70.1 Å². The van der Waals surface area contributed by atoms with Gasteiger partial charge in [0.05, 0.1) is 6.61 Å². The number of anilines is 1. The molecule has 1 N–H and O–H groups in total. The summed E-state index contributed by atoms with van der Waals surface area (Å²) in [6.07, 6.45) is 5.07. The van der Waals surface area contributed by atoms with Crippen LogP contribution in [0.3, 0.4) is 0 Å². The molecule has 0 atom stereocenters. The molecule has 0 spiro atoms. The number of ether oxygens (including phenoxy) is 1. The van der Waals surface area contributed by atoms with Gasteiger partial charge in [0.25, 0.3) is 5.91 Å². The fourth-order valence-corrected chi connectivity index (χ4v) is 3.72. The minimum absolute atomic E-state index is 0.0403. The van der Waals surface area contributed by atoms with Crippen LogP contribution in [0.25, 0.3) is 0 Å². The van der Waals surface area contributed by atoms with Crippen LogP contribution in [0, 0.1) is 5.92 Å². The summed E-state index contributed by atoms with van der Waals surface area (Å²) in [4.78, 5) is 29.4. The number of nitrogens with zero attached hydrogens (tertiary/aromatic N) is 2. The second kappa shape index (κ2) is 9.33. The first-order chi connectivity index (χ1) is 13.1. The molecule has 1 aliphatic carbocycles. The van der Waals surface area contributed by atoms with E-state index in [0.29, 0.717) is 18.7 Å². The standard InChI is InChI=1S/C21H31N3O3/c1-23-12-10-19(11-13-23)24(14-15-27-2)21(26)17-6-8-18(9-7-17)22-20(25)16-4-3-5-16/h6-9,16,19H,3-5,10-15H2,1-2H3,(H,22,25). The van der Waals surface area contributed by atoms with Crippen LogP contribution in [0.4, 0.5) is 5.69 Å². The van der Waals surface area contributed by atoms with Crippen molar-refractivity contribution in [2.75, 3.05) is 45.7 Å². The molecule has 1 saturated heterocycles. The summed E-state index contributed by atoms with van der Waals surface area (Å²) in [5.74, 6) is 0.284. The summed E-state index contributed by atoms with van der Waals surface area (Å²) < 4.78 is 5.22. The Morgan fingerprint density at radius 2 is 1.81 bits per heavy atom. The maximum Gasteiger partial charge on any atom is 0.254 e. The van der Waals surface area contributed by atoms with Crippen molar-refractivity contribution in [2.45, 2.75) is 38.1 Å². The van der Waals surface area contributed by atoms with Crippen molar-refractivity contribution in [3.8, 4) is 0 Å². The van der Waals surface area contributed by atoms with Gasteiger partial charge in [0.1, 0.15) is 0 Å². The van der Waals surface area contributed by atoms with E-state index in [1.165, 1.54) is 0 Å². The van der Waals surface area contributed by atoms with E-state index in [2.05, 4.69) is 17.3 Å². The summed E-state index contributed by atoms with van der Waals surface area (Å²) >= 11 is 0. The van der Waals surface area contributed by atoms with Gasteiger partial charge in [0.15, 0.2) is 0 Å². The number of carbonyl (C=O) groups is 2. The highest BCUT2D eigenvalue weighted by molar-refractivity contribution is 5.96. The van der Waals surface area contributed by atoms with Crippen LogP contribution in [0.5, 0.6) is 0 Å². The van der Waals surface area contributed by atoms with Crippen LogP contribution < -0.4 is 5.32 Å². The zero-order valence-corrected chi connectivity index (χ0v) is 16.4. The third kappa shape index (κ3) is 5.08. The molecule has 1 aromatic carbocycles. The summed E-state index contributed by atoms with van der Waals surface area (Å²) in [6.45, 7) is 3.15. The molecule has 0 radical (unpaired) electrons. The largest absolute Gasteiger partial charge is 0.383 e. The first-order valence-corrected chi connectivity index (χ1v) is 9.98. The van der Waals surface area contributed by atoms with E-state index in [-0.39, 0.29) is 23.8 Å². The summed E-state index contributed by atoms with van der Waals surface area (Å²) in [5.41, 5.74) is 1.41. The predicted octanol–water partition coefficient (Wildman–Crippen LogP) is 2.61. The van der Waals surface area contributed by atoms with Crippen molar-refractivity contribution >= 4 is 17.5 Å². The molecule has 3 rings (SSSR count). The van der Waals surface area contributed by atoms with Crippen LogP contribution >= 0.6 is 0 Å². The van der Waals surface area contributed by atoms with E-state index < -0.39 is 0 Å². The monoisotopic (exact) mass is 373 g/mol. The van der Waals surface area contributed by atoms with E-state index >= 15 is 0 Å². The topological polar surface area (TPSA) is 61.9 Å². The van der Waals surface area contributed by atoms with Crippen molar-refractivity contribution in [2.24, 2.45) is 5.92 Å². The van der Waals surface area contributed by atoms with Crippen LogP contribution in [-0.4, -0.2) is 68.1 Å². The fourth-order valence-electron chi connectivity index (χ4n) is 3.72. The van der Waals surface area contributed by atoms with E-state index in [1.54, 1.807) is 7.11 Å². The minimum Gasteiger partial charge on any atom is -0.383 e. The van der Waals surface area contributed by atoms with Gasteiger partial charge in [-0.1, -0.05) is 6.42 Å². The molecule has 1 aliphatic heterocycles. The molecule has 2 aliphatic rings. The Bertz CT molecular complexity index is 635. The summed E-state index contributed by atoms with van der Waals surface area (Å²) in [7, 11) is 3.78. The van der Waals surface area contributed by atoms with Crippen molar-refractivity contribution in [1.82, 2.24) is 9.80 Å². The Labute approximate surface area is 161 Å². The number of methoxy groups -OCH3 is 1. The van der Waals surface area contributed by atoms with Crippen LogP contribution in [0.2, 0.25) is 0 Å². The van der Waals surface area contributed by atoms with Gasteiger partial charge >= 0.3 is 0 Å². The zero-order valence-electron chi connectivity index (χ0n) is 16.4. The maximum absolute atomic E-state index is 13.1. The number of likely N-dealkylation sites (tertiary alicyclic amines) is 1. The average Bonchev–Trinajstić information content (AvgIpc) is 2.62. The van der Waals surface area contributed by atoms with E-state index in [1.807, 2.05) is 29.2 Å². The number of benzene rings is 1. The van der Waals surface area contributed by atoms with Gasteiger partial charge in [-0.2, -0.15) is 0 Å². The Balaban J connectivity index is 1.64. The van der Waals surface area contributed by atoms with Gasteiger partial charge in [0, 0.05) is 36.9 Å². The highest BCUT2D eigenvalue weighted by Crippen LogP contribution is 2.27. The Morgan fingerprint density at radius 1 is 1.15 bits per heavy atom. The summed E-state index contributed by atoms with van der Waals surface area (Å²) in [6, 6.07) is 7.53. The maximum atomic E-state index is 13.1. The molecule has 27 heavy (non-hydrogen) atoms. The average molecular weight is 373 g/mol. The molecular weight excluding hydrogens is 342 g/mol. The third-order valence-corrected chi connectivity index (χ3v) is 5.80. The lowest BCUT2D eigenvalue weighted by Gasteiger charge is -2.37. The van der Waals surface area contributed by atoms with Gasteiger partial charge in [-0.25, -0.2) is 0 Å². The lowest BCUT2D eigenvalue weighted by molar-refractivity contribution is -0.122. The molecule has 0 unspecified atom stereocenters. The predicted molar refractivity (Wildman–Crippen MR) is 106 cm³/mol. The first kappa shape index (κ1) is 19.8. The Morgan fingerprint density at radius 3 is 2.37 bits per heavy atom. The molecule has 1 heterocycles. The zero-order chi connectivity index (χ0) is 19.2. The summed E-state index contributed by atoms with van der Waals surface area (Å²) in [5, 5.41) is 2.95. The van der Waals surface area contributed by atoms with Crippen molar-refractivity contribution in [3.63, 3.8) is 0 Å². The number of rotatable bonds is 7. The number of piperidine rings is 1. The first-order valence-electron chi connectivity index (χ1n) is 9.98. The van der Waals surface area contributed by atoms with Gasteiger partial charge in [0.2, 0.25) is 5.91 Å². The smallest absolute Gasteiger partial charge is 0.254 e. The second-order valence-electron chi connectivity index (χ2n) is 7.72. The van der Waals surface area contributed by atoms with Gasteiger partial charge in [-0.15, -0.1) is 0 Å². The molecule has 6 nitrogen and oxygen atoms in total. The number of amides is 2. The van der Waals surface area contributed by atoms with Crippen LogP contribution in [0.15, 0.2) is 24.3 Å². The number of nitrogens with one attached hydrogen (secondary N) is 1. The number of carbonyl (C=O) groups excluding carboxylic acids is 2. The van der Waals surface area contributed by atoms with E-state index in [4.69, 9.17) is 4.74 Å². The molecule has 6 heteroatoms. The normalized spacial score (nSPS) is 18.7. The number of hydrogen-bond donors (Lipinski definition) is 1. The number of hydrogen-bond acceptors (Lipinski definition) is 4. The van der Waals surface area contributed by atoms with E-state index in [9.17, 15) is 9.59 Å². The molecule has 1 aromatic rings. The molecule has 0 aromatic heterocycles. The minimum atomic E-state index is 0.0403. The highest BCUT2D eigenvalue weighted by Gasteiger charge is 2.28. The van der Waals surface area contributed by atoms with Crippen molar-refractivity contribution in [3.05, 3.63) is 29.8 Å². The second-order valence-corrected chi connectivity index (χ2v) is 7.72. The lowest BCUT2D eigenvalue weighted by atomic mass is 9.85. The fraction of sp³-hybridized carbons (Fsp3) is 0.619. The van der Waals surface area contributed by atoms with Gasteiger partial charge < -0.3 is 19.9 Å². The van der Waals surface area contributed by atoms with Crippen LogP contribution in [-0.2, 0) is 9.53 Å². The quantitative estimate of drug-likeness (QED) is 0.798. The van der Waals surface area contributed by atoms with Crippen molar-refractivity contribution < 1.29 is 14.3 Å². The Hall–Kier alpha value is -1.92.